The number of hydrogen-bond donors (Lipinski definition) is 0. The molecule has 0 fully saturated rings. The minimum atomic E-state index is -1.83. The molecule has 0 aliphatic heterocycles. The standard InChI is InChI=1S/C30H28NO.C17H22GeN.Ir/c1-5-21(6-2)24-16-17-31(4)27(18-24)29-20(3)12-14-26-25-15-13-23(19-28(25)32-30(26)29)22-10-8-7-9-11-22;1-13-9-7-8-10-15(13)17-11-14(2)16(12-19(17)6)18(3,4)5;/h7-19,21H,3-6H2,1-2H3;7-12H,1,6H2,2-5H3;/q2*-1;. The first kappa shape index (κ1) is 38.9. The first-order chi connectivity index (χ1) is 24.4. The molecule has 7 rings (SSSR count). The summed E-state index contributed by atoms with van der Waals surface area (Å²) in [5.74, 6) is 7.78. The summed E-state index contributed by atoms with van der Waals surface area (Å²) in [4.78, 5) is 0. The van der Waals surface area contributed by atoms with Gasteiger partial charge >= 0.3 is 119 Å². The van der Waals surface area contributed by atoms with Gasteiger partial charge in [0.15, 0.2) is 0 Å². The summed E-state index contributed by atoms with van der Waals surface area (Å²) >= 11 is -1.83. The maximum atomic E-state index is 6.51. The fourth-order valence-corrected chi connectivity index (χ4v) is 11.0. The van der Waals surface area contributed by atoms with Gasteiger partial charge in [0.2, 0.25) is 0 Å². The van der Waals surface area contributed by atoms with Gasteiger partial charge < -0.3 is 8.98 Å². The van der Waals surface area contributed by atoms with E-state index >= 15 is 0 Å². The molecule has 0 aliphatic carbocycles. The molecule has 3 nitrogen and oxygen atoms in total. The molecule has 0 saturated carbocycles. The predicted molar refractivity (Wildman–Crippen MR) is 218 cm³/mol. The van der Waals surface area contributed by atoms with Crippen LogP contribution in [0, 0.1) is 34.9 Å². The van der Waals surface area contributed by atoms with Gasteiger partial charge in [-0.05, 0) is 42.0 Å². The summed E-state index contributed by atoms with van der Waals surface area (Å²) in [6, 6.07) is 36.0. The van der Waals surface area contributed by atoms with Crippen molar-refractivity contribution in [1.82, 2.24) is 0 Å². The molecule has 0 unspecified atom stereocenters. The Bertz CT molecular complexity index is 2330. The Labute approximate surface area is 327 Å². The number of benzene rings is 4. The van der Waals surface area contributed by atoms with E-state index in [9.17, 15) is 0 Å². The summed E-state index contributed by atoms with van der Waals surface area (Å²) < 4.78 is 12.0. The molecule has 3 heterocycles. The van der Waals surface area contributed by atoms with Gasteiger partial charge in [0.25, 0.3) is 0 Å². The van der Waals surface area contributed by atoms with E-state index in [0.717, 1.165) is 74.0 Å². The van der Waals surface area contributed by atoms with Crippen molar-refractivity contribution in [3.8, 4) is 33.6 Å². The first-order valence-electron chi connectivity index (χ1n) is 17.9. The van der Waals surface area contributed by atoms with Crippen LogP contribution in [0.2, 0.25) is 17.3 Å². The third-order valence-electron chi connectivity index (χ3n) is 10.1. The van der Waals surface area contributed by atoms with Crippen molar-refractivity contribution in [2.45, 2.75) is 56.8 Å². The van der Waals surface area contributed by atoms with Crippen LogP contribution in [-0.4, -0.2) is 13.3 Å². The van der Waals surface area contributed by atoms with E-state index in [4.69, 9.17) is 4.42 Å². The molecular formula is C47H50GeIrN2O-2. The molecule has 7 aromatic rings. The number of rotatable bonds is 7. The average molecular weight is 924 g/mol. The Balaban J connectivity index is 0.000000225. The number of nitrogens with zero attached hydrogens (tertiary/aromatic N) is 2. The molecule has 0 N–H and O–H groups in total. The maximum absolute atomic E-state index is 6.51. The molecule has 0 spiro atoms. The number of aryl methyl sites for hydroxylation is 1. The minimum absolute atomic E-state index is 0. The van der Waals surface area contributed by atoms with E-state index in [1.165, 1.54) is 21.1 Å². The van der Waals surface area contributed by atoms with E-state index < -0.39 is 13.3 Å². The Morgan fingerprint density at radius 2 is 1.37 bits per heavy atom. The number of hydrogen-bond acceptors (Lipinski definition) is 1. The zero-order valence-corrected chi connectivity index (χ0v) is 35.9. The zero-order chi connectivity index (χ0) is 36.4. The third-order valence-corrected chi connectivity index (χ3v) is 14.6. The van der Waals surface area contributed by atoms with Gasteiger partial charge in [-0.1, -0.05) is 73.5 Å². The smallest absolute Gasteiger partial charge is 0 e. The van der Waals surface area contributed by atoms with E-state index in [1.54, 1.807) is 0 Å². The van der Waals surface area contributed by atoms with Gasteiger partial charge in [-0.25, -0.2) is 0 Å². The van der Waals surface area contributed by atoms with Gasteiger partial charge in [0, 0.05) is 37.9 Å². The second kappa shape index (κ2) is 16.1. The van der Waals surface area contributed by atoms with Crippen molar-refractivity contribution >= 4 is 39.6 Å². The van der Waals surface area contributed by atoms with E-state index in [1.807, 2.05) is 27.3 Å². The average Bonchev–Trinajstić information content (AvgIpc) is 3.49. The summed E-state index contributed by atoms with van der Waals surface area (Å²) in [6.07, 6.45) is 6.51. The van der Waals surface area contributed by atoms with Crippen molar-refractivity contribution in [3.63, 3.8) is 0 Å². The van der Waals surface area contributed by atoms with Crippen LogP contribution in [0.15, 0.2) is 120 Å². The third kappa shape index (κ3) is 7.85. The van der Waals surface area contributed by atoms with Crippen LogP contribution in [-0.2, 0) is 20.1 Å². The van der Waals surface area contributed by atoms with Crippen LogP contribution >= 0.6 is 0 Å². The molecule has 0 saturated heterocycles. The molecular weight excluding hydrogens is 873 g/mol. The molecule has 1 radical (unpaired) electrons. The molecule has 4 aromatic carbocycles. The summed E-state index contributed by atoms with van der Waals surface area (Å²) in [7, 11) is 8.42. The van der Waals surface area contributed by atoms with Crippen LogP contribution in [0.1, 0.15) is 54.9 Å². The van der Waals surface area contributed by atoms with Gasteiger partial charge in [0.1, 0.15) is 5.58 Å². The topological polar surface area (TPSA) is 20.9 Å². The molecule has 0 bridgehead atoms. The van der Waals surface area contributed by atoms with Crippen LogP contribution in [0.4, 0.5) is 0 Å². The maximum Gasteiger partial charge on any atom is 0 e. The Morgan fingerprint density at radius 1 is 0.692 bits per heavy atom. The first-order valence-corrected chi connectivity index (χ1v) is 25.3. The van der Waals surface area contributed by atoms with E-state index in [2.05, 4.69) is 163 Å². The minimum Gasteiger partial charge on any atom is 0 e. The molecule has 52 heavy (non-hydrogen) atoms. The number of aromatic nitrogens is 2. The van der Waals surface area contributed by atoms with Gasteiger partial charge in [0.05, 0.1) is 17.5 Å². The fourth-order valence-electron chi connectivity index (χ4n) is 7.23. The normalized spacial score (nSPS) is 11.4. The molecule has 0 aliphatic rings. The number of pyridine rings is 2. The van der Waals surface area contributed by atoms with Crippen molar-refractivity contribution in [3.05, 3.63) is 166 Å². The van der Waals surface area contributed by atoms with Crippen molar-refractivity contribution in [2.75, 3.05) is 0 Å². The van der Waals surface area contributed by atoms with Crippen LogP contribution in [0.5, 0.6) is 0 Å². The van der Waals surface area contributed by atoms with Crippen LogP contribution in [0.3, 0.4) is 0 Å². The van der Waals surface area contributed by atoms with E-state index in [0.29, 0.717) is 5.92 Å². The number of fused-ring (bicyclic) bond motifs is 3. The van der Waals surface area contributed by atoms with Crippen molar-refractivity contribution < 1.29 is 33.7 Å². The summed E-state index contributed by atoms with van der Waals surface area (Å²) in [5.41, 5.74) is 13.1. The second-order valence-electron chi connectivity index (χ2n) is 14.6. The molecule has 0 amide bonds. The fraction of sp³-hybridized carbons (Fsp3) is 0.191. The van der Waals surface area contributed by atoms with Gasteiger partial charge in [-0.2, -0.15) is 18.6 Å². The number of furan rings is 1. The molecule has 269 valence electrons. The van der Waals surface area contributed by atoms with Gasteiger partial charge in [-0.3, -0.25) is 0 Å². The molecule has 5 heteroatoms. The Morgan fingerprint density at radius 3 is 2.04 bits per heavy atom. The monoisotopic (exact) mass is 925 g/mol. The second-order valence-corrected chi connectivity index (χ2v) is 25.2. The quantitative estimate of drug-likeness (QED) is 0.0886. The Kier molecular flexibility index (Phi) is 12.1. The SMILES string of the molecule is [CH2-]c1ccc2c(oc3cc(-c4ccccc4)ccc32)c1-c1cc(C(CC)CC)cc[n+]1[CH2-].[CH2-]c1ccccc1-c1cc(C)[c]([Ge]([CH3])([CH3])[CH3])c[n+]1[CH2-].[Ir]. The van der Waals surface area contributed by atoms with Crippen molar-refractivity contribution in [2.24, 2.45) is 0 Å². The zero-order valence-electron chi connectivity index (χ0n) is 31.4. The molecule has 0 atom stereocenters. The summed E-state index contributed by atoms with van der Waals surface area (Å²) in [6.45, 7) is 15.1. The Hall–Kier alpha value is -4.35. The predicted octanol–water partition coefficient (Wildman–Crippen LogP) is 11.2. The van der Waals surface area contributed by atoms with E-state index in [-0.39, 0.29) is 20.1 Å². The molecule has 3 aromatic heterocycles. The largest absolute Gasteiger partial charge is 0 e. The van der Waals surface area contributed by atoms with Crippen LogP contribution in [0.25, 0.3) is 55.6 Å². The summed E-state index contributed by atoms with van der Waals surface area (Å²) in [5, 5.41) is 2.22. The van der Waals surface area contributed by atoms with Crippen LogP contribution < -0.4 is 13.5 Å². The van der Waals surface area contributed by atoms with Crippen molar-refractivity contribution in [1.29, 1.82) is 0 Å². The van der Waals surface area contributed by atoms with Gasteiger partial charge in [-0.15, -0.1) is 6.07 Å².